The van der Waals surface area contributed by atoms with Crippen LogP contribution in [0.2, 0.25) is 0 Å². The predicted molar refractivity (Wildman–Crippen MR) is 85.8 cm³/mol. The Morgan fingerprint density at radius 2 is 2.09 bits per heavy atom. The van der Waals surface area contributed by atoms with Crippen LogP contribution in [0, 0.1) is 11.8 Å². The van der Waals surface area contributed by atoms with Gasteiger partial charge in [-0.15, -0.1) is 0 Å². The van der Waals surface area contributed by atoms with Crippen molar-refractivity contribution in [2.24, 2.45) is 11.8 Å². The molecule has 0 fully saturated rings. The van der Waals surface area contributed by atoms with E-state index >= 15 is 0 Å². The smallest absolute Gasteiger partial charge is 0.309 e. The Morgan fingerprint density at radius 3 is 2.77 bits per heavy atom. The maximum absolute atomic E-state index is 12.2. The number of nitrogens with one attached hydrogen (secondary N) is 1. The van der Waals surface area contributed by atoms with E-state index in [9.17, 15) is 4.79 Å². The molecule has 4 nitrogen and oxygen atoms in total. The lowest BCUT2D eigenvalue weighted by Gasteiger charge is -2.29. The van der Waals surface area contributed by atoms with Crippen LogP contribution < -0.4 is 5.48 Å². The second-order valence-corrected chi connectivity index (χ2v) is 5.58. The summed E-state index contributed by atoms with van der Waals surface area (Å²) in [5.74, 6) is 0.0602. The Balaban J connectivity index is 2.05. The minimum Gasteiger partial charge on any atom is -0.466 e. The molecule has 4 heteroatoms. The molecule has 0 unspecified atom stereocenters. The van der Waals surface area contributed by atoms with Gasteiger partial charge in [0.05, 0.1) is 19.6 Å². The quantitative estimate of drug-likeness (QED) is 0.620. The van der Waals surface area contributed by atoms with Crippen molar-refractivity contribution in [3.8, 4) is 0 Å². The van der Waals surface area contributed by atoms with Crippen molar-refractivity contribution >= 4 is 5.97 Å². The molecule has 2 atom stereocenters. The van der Waals surface area contributed by atoms with Crippen LogP contribution in [0.1, 0.15) is 31.7 Å². The first-order valence-electron chi connectivity index (χ1n) is 7.94. The Hall–Kier alpha value is -1.81. The molecule has 0 bridgehead atoms. The van der Waals surface area contributed by atoms with Crippen LogP contribution in [0.5, 0.6) is 0 Å². The number of rotatable bonds is 7. The molecule has 0 saturated heterocycles. The molecule has 1 aliphatic carbocycles. The molecule has 1 aromatic rings. The number of allylic oxidation sites excluding steroid dienone is 2. The number of esters is 1. The molecule has 1 aromatic carbocycles. The van der Waals surface area contributed by atoms with Gasteiger partial charge in [0.15, 0.2) is 0 Å². The molecule has 0 saturated carbocycles. The van der Waals surface area contributed by atoms with Crippen LogP contribution in [0.25, 0.3) is 0 Å². The molecule has 1 aliphatic rings. The summed E-state index contributed by atoms with van der Waals surface area (Å²) >= 11 is 0. The van der Waals surface area contributed by atoms with E-state index in [1.165, 1.54) is 5.56 Å². The van der Waals surface area contributed by atoms with Crippen molar-refractivity contribution in [1.29, 1.82) is 0 Å². The molecular weight excluding hydrogens is 278 g/mol. The highest BCUT2D eigenvalue weighted by Gasteiger charge is 2.31. The number of carbonyl (C=O) groups excluding carboxylic acids is 1. The van der Waals surface area contributed by atoms with Crippen LogP contribution in [0.3, 0.4) is 0 Å². The summed E-state index contributed by atoms with van der Waals surface area (Å²) in [5.41, 5.74) is 5.27. The summed E-state index contributed by atoms with van der Waals surface area (Å²) in [4.78, 5) is 17.2. The van der Waals surface area contributed by atoms with E-state index < -0.39 is 0 Å². The second kappa shape index (κ2) is 8.59. The van der Waals surface area contributed by atoms with Gasteiger partial charge >= 0.3 is 5.97 Å². The lowest BCUT2D eigenvalue weighted by molar-refractivity contribution is -0.150. The van der Waals surface area contributed by atoms with Gasteiger partial charge in [-0.3, -0.25) is 15.1 Å². The zero-order chi connectivity index (χ0) is 15.8. The average Bonchev–Trinajstić information content (AvgIpc) is 2.54. The zero-order valence-electron chi connectivity index (χ0n) is 13.4. The molecule has 22 heavy (non-hydrogen) atoms. The molecule has 0 aliphatic heterocycles. The van der Waals surface area contributed by atoms with E-state index in [-0.39, 0.29) is 17.8 Å². The van der Waals surface area contributed by atoms with Crippen molar-refractivity contribution < 1.29 is 14.4 Å². The number of hydroxylamine groups is 1. The van der Waals surface area contributed by atoms with Gasteiger partial charge in [0.25, 0.3) is 0 Å². The van der Waals surface area contributed by atoms with Gasteiger partial charge in [-0.2, -0.15) is 0 Å². The summed E-state index contributed by atoms with van der Waals surface area (Å²) in [5, 5.41) is 0. The standard InChI is InChI=1S/C18H25NO3/c1-3-22-18(20)17-12-11-16(19-21-2)13-15(17)10-9-14-7-5-4-6-8-14/h4-8,13,15,17,19H,3,9-12H2,1-2H3/t15-,17+/m0/s1. The van der Waals surface area contributed by atoms with Crippen LogP contribution in [0.4, 0.5) is 0 Å². The SMILES string of the molecule is CCOC(=O)[C@@H]1CCC(NOC)=C[C@@H]1CCc1ccccc1. The van der Waals surface area contributed by atoms with Crippen molar-refractivity contribution in [2.75, 3.05) is 13.7 Å². The maximum Gasteiger partial charge on any atom is 0.309 e. The summed E-state index contributed by atoms with van der Waals surface area (Å²) in [6.07, 6.45) is 5.65. The van der Waals surface area contributed by atoms with E-state index in [0.29, 0.717) is 6.61 Å². The maximum atomic E-state index is 12.2. The Kier molecular flexibility index (Phi) is 6.46. The highest BCUT2D eigenvalue weighted by Crippen LogP contribution is 2.32. The van der Waals surface area contributed by atoms with Gasteiger partial charge in [0.2, 0.25) is 0 Å². The van der Waals surface area contributed by atoms with E-state index in [1.54, 1.807) is 7.11 Å². The molecule has 2 rings (SSSR count). The first-order valence-corrected chi connectivity index (χ1v) is 7.94. The fourth-order valence-corrected chi connectivity index (χ4v) is 3.00. The van der Waals surface area contributed by atoms with E-state index in [1.807, 2.05) is 25.1 Å². The van der Waals surface area contributed by atoms with Gasteiger partial charge in [0.1, 0.15) is 0 Å². The minimum atomic E-state index is -0.0757. The Morgan fingerprint density at radius 1 is 1.32 bits per heavy atom. The number of benzene rings is 1. The summed E-state index contributed by atoms with van der Waals surface area (Å²) < 4.78 is 5.24. The minimum absolute atomic E-state index is 0.0499. The third-order valence-corrected chi connectivity index (χ3v) is 4.09. The molecule has 120 valence electrons. The topological polar surface area (TPSA) is 47.6 Å². The van der Waals surface area contributed by atoms with Crippen molar-refractivity contribution in [2.45, 2.75) is 32.6 Å². The lowest BCUT2D eigenvalue weighted by atomic mass is 9.79. The first kappa shape index (κ1) is 16.6. The van der Waals surface area contributed by atoms with Crippen LogP contribution in [0.15, 0.2) is 42.1 Å². The summed E-state index contributed by atoms with van der Waals surface area (Å²) in [7, 11) is 1.61. The predicted octanol–water partition coefficient (Wildman–Crippen LogP) is 3.24. The molecule has 0 radical (unpaired) electrons. The highest BCUT2D eigenvalue weighted by atomic mass is 16.6. The van der Waals surface area contributed by atoms with Gasteiger partial charge < -0.3 is 4.74 Å². The molecular formula is C18H25NO3. The largest absolute Gasteiger partial charge is 0.466 e. The fraction of sp³-hybridized carbons (Fsp3) is 0.500. The summed E-state index contributed by atoms with van der Waals surface area (Å²) in [6, 6.07) is 10.4. The number of aryl methyl sites for hydroxylation is 1. The van der Waals surface area contributed by atoms with Gasteiger partial charge in [-0.1, -0.05) is 36.4 Å². The monoisotopic (exact) mass is 303 g/mol. The van der Waals surface area contributed by atoms with Crippen LogP contribution >= 0.6 is 0 Å². The lowest BCUT2D eigenvalue weighted by Crippen LogP contribution is -2.30. The molecule has 1 N–H and O–H groups in total. The van der Waals surface area contributed by atoms with Crippen molar-refractivity contribution in [3.05, 3.63) is 47.7 Å². The average molecular weight is 303 g/mol. The Labute approximate surface area is 132 Å². The highest BCUT2D eigenvalue weighted by molar-refractivity contribution is 5.73. The normalized spacial score (nSPS) is 21.1. The fourth-order valence-electron chi connectivity index (χ4n) is 3.00. The van der Waals surface area contributed by atoms with E-state index in [4.69, 9.17) is 9.57 Å². The third-order valence-electron chi connectivity index (χ3n) is 4.09. The van der Waals surface area contributed by atoms with E-state index in [2.05, 4.69) is 23.7 Å². The van der Waals surface area contributed by atoms with Crippen molar-refractivity contribution in [3.63, 3.8) is 0 Å². The number of hydrogen-bond acceptors (Lipinski definition) is 4. The van der Waals surface area contributed by atoms with E-state index in [0.717, 1.165) is 31.4 Å². The van der Waals surface area contributed by atoms with Gasteiger partial charge in [-0.05, 0) is 44.1 Å². The first-order chi connectivity index (χ1) is 10.7. The van der Waals surface area contributed by atoms with Crippen LogP contribution in [-0.2, 0) is 20.8 Å². The number of carbonyl (C=O) groups is 1. The molecule has 0 heterocycles. The molecule has 0 spiro atoms. The Bertz CT molecular complexity index is 498. The van der Waals surface area contributed by atoms with Gasteiger partial charge in [-0.25, -0.2) is 0 Å². The molecule has 0 aromatic heterocycles. The second-order valence-electron chi connectivity index (χ2n) is 5.58. The third kappa shape index (κ3) is 4.60. The van der Waals surface area contributed by atoms with Crippen molar-refractivity contribution in [1.82, 2.24) is 5.48 Å². The molecule has 0 amide bonds. The zero-order valence-corrected chi connectivity index (χ0v) is 13.4. The van der Waals surface area contributed by atoms with Gasteiger partial charge in [0, 0.05) is 5.70 Å². The van der Waals surface area contributed by atoms with Crippen LogP contribution in [-0.4, -0.2) is 19.7 Å². The summed E-state index contributed by atoms with van der Waals surface area (Å²) in [6.45, 7) is 2.29. The number of hydrogen-bond donors (Lipinski definition) is 1. The number of ether oxygens (including phenoxy) is 1.